The van der Waals surface area contributed by atoms with E-state index in [-0.39, 0.29) is 0 Å². The number of hydrogen-bond acceptors (Lipinski definition) is 3. The molecule has 1 N–H and O–H groups in total. The van der Waals surface area contributed by atoms with Gasteiger partial charge in [0.25, 0.3) is 0 Å². The van der Waals surface area contributed by atoms with Crippen molar-refractivity contribution in [1.82, 2.24) is 10.3 Å². The highest BCUT2D eigenvalue weighted by molar-refractivity contribution is 5.86. The van der Waals surface area contributed by atoms with Crippen LogP contribution in [0.25, 0.3) is 10.9 Å². The van der Waals surface area contributed by atoms with Crippen LogP contribution in [-0.2, 0) is 0 Å². The van der Waals surface area contributed by atoms with E-state index in [1.54, 1.807) is 6.07 Å². The molecule has 0 fully saturated rings. The van der Waals surface area contributed by atoms with Crippen LogP contribution in [0.2, 0.25) is 0 Å². The minimum Gasteiger partial charge on any atom is -0.408 e. The minimum atomic E-state index is -0.490. The maximum atomic E-state index is 11.1. The highest BCUT2D eigenvalue weighted by Crippen LogP contribution is 2.23. The average Bonchev–Trinajstić information content (AvgIpc) is 2.29. The first kappa shape index (κ1) is 10.4. The van der Waals surface area contributed by atoms with Crippen molar-refractivity contribution in [1.29, 1.82) is 0 Å². The molecule has 1 amide bonds. The molecule has 16 heavy (non-hydrogen) atoms. The van der Waals surface area contributed by atoms with Crippen LogP contribution in [0.1, 0.15) is 5.69 Å². The lowest BCUT2D eigenvalue weighted by Crippen LogP contribution is -2.22. The molecular formula is C12H12N2O2. The third-order valence-electron chi connectivity index (χ3n) is 2.23. The van der Waals surface area contributed by atoms with Crippen molar-refractivity contribution in [3.05, 3.63) is 36.0 Å². The number of aryl methyl sites for hydroxylation is 1. The Bertz CT molecular complexity index is 538. The second-order valence-corrected chi connectivity index (χ2v) is 3.42. The van der Waals surface area contributed by atoms with Gasteiger partial charge in [-0.1, -0.05) is 18.2 Å². The number of rotatable bonds is 1. The third kappa shape index (κ3) is 1.95. The van der Waals surface area contributed by atoms with Crippen molar-refractivity contribution < 1.29 is 9.53 Å². The zero-order chi connectivity index (χ0) is 11.5. The van der Waals surface area contributed by atoms with Crippen LogP contribution in [0.3, 0.4) is 0 Å². The van der Waals surface area contributed by atoms with Gasteiger partial charge in [0.2, 0.25) is 0 Å². The number of fused-ring (bicyclic) bond motifs is 1. The molecule has 1 aromatic heterocycles. The number of carbonyl (C=O) groups is 1. The molecule has 0 atom stereocenters. The standard InChI is InChI=1S/C12H12N2O2/c1-8-6-7-9-4-3-5-10(11(9)14-8)16-12(15)13-2/h3-7H,1-2H3,(H,13,15). The van der Waals surface area contributed by atoms with Crippen LogP contribution in [0.4, 0.5) is 4.79 Å². The summed E-state index contributed by atoms with van der Waals surface area (Å²) in [4.78, 5) is 15.5. The van der Waals surface area contributed by atoms with Crippen LogP contribution in [0, 0.1) is 6.92 Å². The van der Waals surface area contributed by atoms with E-state index < -0.39 is 6.09 Å². The van der Waals surface area contributed by atoms with Gasteiger partial charge < -0.3 is 10.1 Å². The fraction of sp³-hybridized carbons (Fsp3) is 0.167. The van der Waals surface area contributed by atoms with E-state index in [9.17, 15) is 4.79 Å². The number of hydrogen-bond donors (Lipinski definition) is 1. The van der Waals surface area contributed by atoms with Crippen LogP contribution >= 0.6 is 0 Å². The van der Waals surface area contributed by atoms with Gasteiger partial charge in [0, 0.05) is 18.1 Å². The molecule has 0 saturated heterocycles. The first-order chi connectivity index (χ1) is 7.70. The summed E-state index contributed by atoms with van der Waals surface area (Å²) in [6.45, 7) is 1.90. The molecule has 1 heterocycles. The van der Waals surface area contributed by atoms with Crippen molar-refractivity contribution in [2.45, 2.75) is 6.92 Å². The number of carbonyl (C=O) groups excluding carboxylic acids is 1. The monoisotopic (exact) mass is 216 g/mol. The van der Waals surface area contributed by atoms with E-state index in [1.165, 1.54) is 7.05 Å². The molecule has 0 aliphatic rings. The molecule has 1 aromatic carbocycles. The quantitative estimate of drug-likeness (QED) is 0.795. The maximum Gasteiger partial charge on any atom is 0.412 e. The summed E-state index contributed by atoms with van der Waals surface area (Å²) in [5, 5.41) is 3.35. The van der Waals surface area contributed by atoms with Crippen molar-refractivity contribution in [3.8, 4) is 5.75 Å². The van der Waals surface area contributed by atoms with Crippen molar-refractivity contribution in [2.75, 3.05) is 7.05 Å². The first-order valence-electron chi connectivity index (χ1n) is 4.96. The number of benzene rings is 1. The van der Waals surface area contributed by atoms with E-state index in [0.717, 1.165) is 11.1 Å². The van der Waals surface area contributed by atoms with Crippen LogP contribution in [0.15, 0.2) is 30.3 Å². The summed E-state index contributed by atoms with van der Waals surface area (Å²) < 4.78 is 5.12. The van der Waals surface area contributed by atoms with Gasteiger partial charge in [-0.05, 0) is 19.1 Å². The molecule has 0 aliphatic heterocycles. The Hall–Kier alpha value is -2.10. The Kier molecular flexibility index (Phi) is 2.72. The van der Waals surface area contributed by atoms with E-state index in [0.29, 0.717) is 11.3 Å². The molecule has 2 rings (SSSR count). The molecule has 0 spiro atoms. The largest absolute Gasteiger partial charge is 0.412 e. The van der Waals surface area contributed by atoms with E-state index >= 15 is 0 Å². The number of para-hydroxylation sites is 1. The molecular weight excluding hydrogens is 204 g/mol. The summed E-state index contributed by atoms with van der Waals surface area (Å²) in [6, 6.07) is 9.36. The molecule has 0 unspecified atom stereocenters. The van der Waals surface area contributed by atoms with Crippen molar-refractivity contribution in [3.63, 3.8) is 0 Å². The number of pyridine rings is 1. The van der Waals surface area contributed by atoms with Gasteiger partial charge in [-0.25, -0.2) is 9.78 Å². The maximum absolute atomic E-state index is 11.1. The number of aromatic nitrogens is 1. The average molecular weight is 216 g/mol. The Balaban J connectivity index is 2.52. The summed E-state index contributed by atoms with van der Waals surface area (Å²) in [5.41, 5.74) is 1.59. The van der Waals surface area contributed by atoms with Crippen LogP contribution in [-0.4, -0.2) is 18.1 Å². The van der Waals surface area contributed by atoms with Gasteiger partial charge in [-0.15, -0.1) is 0 Å². The van der Waals surface area contributed by atoms with Gasteiger partial charge in [0.1, 0.15) is 5.52 Å². The molecule has 0 radical (unpaired) electrons. The van der Waals surface area contributed by atoms with Crippen molar-refractivity contribution >= 4 is 17.0 Å². The minimum absolute atomic E-state index is 0.473. The Labute approximate surface area is 93.3 Å². The zero-order valence-corrected chi connectivity index (χ0v) is 9.15. The lowest BCUT2D eigenvalue weighted by atomic mass is 10.2. The highest BCUT2D eigenvalue weighted by atomic mass is 16.6. The smallest absolute Gasteiger partial charge is 0.408 e. The molecule has 82 valence electrons. The zero-order valence-electron chi connectivity index (χ0n) is 9.15. The van der Waals surface area contributed by atoms with Gasteiger partial charge in [0.15, 0.2) is 5.75 Å². The second kappa shape index (κ2) is 4.18. The number of nitrogens with zero attached hydrogens (tertiary/aromatic N) is 1. The number of ether oxygens (including phenoxy) is 1. The van der Waals surface area contributed by atoms with E-state index in [4.69, 9.17) is 4.74 Å². The van der Waals surface area contributed by atoms with E-state index in [2.05, 4.69) is 10.3 Å². The van der Waals surface area contributed by atoms with Gasteiger partial charge in [-0.3, -0.25) is 0 Å². The molecule has 4 nitrogen and oxygen atoms in total. The van der Waals surface area contributed by atoms with Crippen LogP contribution < -0.4 is 10.1 Å². The Morgan fingerprint density at radius 1 is 1.31 bits per heavy atom. The normalized spacial score (nSPS) is 10.1. The fourth-order valence-electron chi connectivity index (χ4n) is 1.45. The number of nitrogens with one attached hydrogen (secondary N) is 1. The summed E-state index contributed by atoms with van der Waals surface area (Å²) in [6.07, 6.45) is -0.490. The van der Waals surface area contributed by atoms with E-state index in [1.807, 2.05) is 31.2 Å². The van der Waals surface area contributed by atoms with Gasteiger partial charge in [0.05, 0.1) is 0 Å². The topological polar surface area (TPSA) is 51.2 Å². The van der Waals surface area contributed by atoms with Gasteiger partial charge >= 0.3 is 6.09 Å². The van der Waals surface area contributed by atoms with Crippen LogP contribution in [0.5, 0.6) is 5.75 Å². The Morgan fingerprint density at radius 2 is 2.12 bits per heavy atom. The SMILES string of the molecule is CNC(=O)Oc1cccc2ccc(C)nc12. The summed E-state index contributed by atoms with van der Waals surface area (Å²) >= 11 is 0. The predicted octanol–water partition coefficient (Wildman–Crippen LogP) is 2.26. The molecule has 2 aromatic rings. The molecule has 0 aliphatic carbocycles. The molecule has 0 bridgehead atoms. The first-order valence-corrected chi connectivity index (χ1v) is 4.96. The second-order valence-electron chi connectivity index (χ2n) is 3.42. The van der Waals surface area contributed by atoms with Gasteiger partial charge in [-0.2, -0.15) is 0 Å². The Morgan fingerprint density at radius 3 is 2.88 bits per heavy atom. The molecule has 0 saturated carbocycles. The van der Waals surface area contributed by atoms with Crippen molar-refractivity contribution in [2.24, 2.45) is 0 Å². The third-order valence-corrected chi connectivity index (χ3v) is 2.23. The predicted molar refractivity (Wildman–Crippen MR) is 61.6 cm³/mol. The lowest BCUT2D eigenvalue weighted by molar-refractivity contribution is 0.203. The lowest BCUT2D eigenvalue weighted by Gasteiger charge is -2.06. The highest BCUT2D eigenvalue weighted by Gasteiger charge is 2.07. The summed E-state index contributed by atoms with van der Waals surface area (Å²) in [7, 11) is 1.52. The fourth-order valence-corrected chi connectivity index (χ4v) is 1.45. The molecule has 4 heteroatoms. The summed E-state index contributed by atoms with van der Waals surface area (Å²) in [5.74, 6) is 0.473. The number of amides is 1.